The van der Waals surface area contributed by atoms with Gasteiger partial charge in [0.05, 0.1) is 4.92 Å². The van der Waals surface area contributed by atoms with E-state index in [9.17, 15) is 10.1 Å². The summed E-state index contributed by atoms with van der Waals surface area (Å²) in [5.41, 5.74) is 3.30. The zero-order chi connectivity index (χ0) is 15.2. The van der Waals surface area contributed by atoms with E-state index in [1.807, 2.05) is 31.3 Å². The van der Waals surface area contributed by atoms with Crippen LogP contribution in [0, 0.1) is 10.1 Å². The van der Waals surface area contributed by atoms with Crippen molar-refractivity contribution >= 4 is 32.8 Å². The quantitative estimate of drug-likeness (QED) is 0.362. The van der Waals surface area contributed by atoms with Gasteiger partial charge in [-0.3, -0.25) is 10.1 Å². The SMILES string of the molecule is CN(CP)c1ccc(/C=C/c2ccc([N+](=O)[O-])cc2)cc1. The van der Waals surface area contributed by atoms with Gasteiger partial charge < -0.3 is 4.90 Å². The summed E-state index contributed by atoms with van der Waals surface area (Å²) in [5, 5.41) is 10.6. The molecule has 2 aromatic carbocycles. The summed E-state index contributed by atoms with van der Waals surface area (Å²) in [6, 6.07) is 14.7. The summed E-state index contributed by atoms with van der Waals surface area (Å²) < 4.78 is 0. The second-order valence-corrected chi connectivity index (χ2v) is 5.02. The first-order chi connectivity index (χ1) is 10.1. The average molecular weight is 300 g/mol. The summed E-state index contributed by atoms with van der Waals surface area (Å²) in [5.74, 6) is 0. The maximum Gasteiger partial charge on any atom is 0.269 e. The molecule has 0 heterocycles. The van der Waals surface area contributed by atoms with E-state index in [-0.39, 0.29) is 5.69 Å². The summed E-state index contributed by atoms with van der Waals surface area (Å²) in [7, 11) is 4.73. The minimum Gasteiger partial charge on any atom is -0.371 e. The van der Waals surface area contributed by atoms with Crippen molar-refractivity contribution in [1.82, 2.24) is 0 Å². The van der Waals surface area contributed by atoms with E-state index in [1.54, 1.807) is 12.1 Å². The van der Waals surface area contributed by atoms with Crippen LogP contribution in [-0.4, -0.2) is 18.3 Å². The minimum absolute atomic E-state index is 0.108. The highest BCUT2D eigenvalue weighted by atomic mass is 31.0. The fourth-order valence-corrected chi connectivity index (χ4v) is 2.06. The van der Waals surface area contributed by atoms with Crippen molar-refractivity contribution in [3.63, 3.8) is 0 Å². The average Bonchev–Trinajstić information content (AvgIpc) is 2.53. The fourth-order valence-electron chi connectivity index (χ4n) is 1.84. The van der Waals surface area contributed by atoms with E-state index in [4.69, 9.17) is 0 Å². The molecule has 0 radical (unpaired) electrons. The molecule has 0 bridgehead atoms. The lowest BCUT2D eigenvalue weighted by Gasteiger charge is -2.16. The second kappa shape index (κ2) is 7.00. The van der Waals surface area contributed by atoms with Crippen LogP contribution in [0.15, 0.2) is 48.5 Å². The lowest BCUT2D eigenvalue weighted by atomic mass is 10.1. The number of anilines is 1. The smallest absolute Gasteiger partial charge is 0.269 e. The van der Waals surface area contributed by atoms with Gasteiger partial charge in [0, 0.05) is 31.2 Å². The van der Waals surface area contributed by atoms with E-state index < -0.39 is 4.92 Å². The number of hydrogen-bond donors (Lipinski definition) is 0. The summed E-state index contributed by atoms with van der Waals surface area (Å²) >= 11 is 0. The third-order valence-corrected chi connectivity index (χ3v) is 3.73. The Balaban J connectivity index is 2.08. The van der Waals surface area contributed by atoms with Crippen LogP contribution in [0.3, 0.4) is 0 Å². The van der Waals surface area contributed by atoms with Gasteiger partial charge in [0.1, 0.15) is 0 Å². The predicted octanol–water partition coefficient (Wildman–Crippen LogP) is 4.03. The molecule has 0 spiro atoms. The normalized spacial score (nSPS) is 10.8. The molecule has 108 valence electrons. The van der Waals surface area contributed by atoms with Crippen molar-refractivity contribution < 1.29 is 4.92 Å². The van der Waals surface area contributed by atoms with Gasteiger partial charge in [-0.1, -0.05) is 24.3 Å². The largest absolute Gasteiger partial charge is 0.371 e. The lowest BCUT2D eigenvalue weighted by Crippen LogP contribution is -2.13. The third-order valence-electron chi connectivity index (χ3n) is 3.18. The van der Waals surface area contributed by atoms with Gasteiger partial charge in [0.15, 0.2) is 0 Å². The van der Waals surface area contributed by atoms with Crippen LogP contribution >= 0.6 is 9.24 Å². The van der Waals surface area contributed by atoms with E-state index in [0.29, 0.717) is 0 Å². The Bertz CT molecular complexity index is 636. The molecule has 1 unspecified atom stereocenters. The molecule has 1 atom stereocenters. The maximum atomic E-state index is 10.6. The Kier molecular flexibility index (Phi) is 5.07. The highest BCUT2D eigenvalue weighted by molar-refractivity contribution is 7.16. The second-order valence-electron chi connectivity index (χ2n) is 4.65. The molecule has 4 nitrogen and oxygen atoms in total. The molecule has 0 fully saturated rings. The Morgan fingerprint density at radius 2 is 1.52 bits per heavy atom. The van der Waals surface area contributed by atoms with Crippen LogP contribution in [0.25, 0.3) is 12.2 Å². The van der Waals surface area contributed by atoms with Crippen LogP contribution in [0.2, 0.25) is 0 Å². The van der Waals surface area contributed by atoms with Crippen LogP contribution in [0.4, 0.5) is 11.4 Å². The van der Waals surface area contributed by atoms with Gasteiger partial charge >= 0.3 is 0 Å². The number of hydrogen-bond acceptors (Lipinski definition) is 3. The van der Waals surface area contributed by atoms with Crippen molar-refractivity contribution in [2.75, 3.05) is 18.2 Å². The molecule has 0 amide bonds. The molecule has 21 heavy (non-hydrogen) atoms. The Morgan fingerprint density at radius 3 is 1.95 bits per heavy atom. The minimum atomic E-state index is -0.394. The first-order valence-corrected chi connectivity index (χ1v) is 7.35. The Hall–Kier alpha value is -2.19. The monoisotopic (exact) mass is 300 g/mol. The molecule has 0 N–H and O–H groups in total. The van der Waals surface area contributed by atoms with Crippen molar-refractivity contribution in [1.29, 1.82) is 0 Å². The lowest BCUT2D eigenvalue weighted by molar-refractivity contribution is -0.384. The van der Waals surface area contributed by atoms with E-state index in [2.05, 4.69) is 26.3 Å². The van der Waals surface area contributed by atoms with Crippen molar-refractivity contribution in [3.8, 4) is 0 Å². The number of nitro groups is 1. The first-order valence-electron chi connectivity index (χ1n) is 6.54. The van der Waals surface area contributed by atoms with Gasteiger partial charge in [0.25, 0.3) is 5.69 Å². The van der Waals surface area contributed by atoms with Gasteiger partial charge in [-0.25, -0.2) is 0 Å². The predicted molar refractivity (Wildman–Crippen MR) is 91.4 cm³/mol. The molecule has 2 aromatic rings. The highest BCUT2D eigenvalue weighted by Gasteiger charge is 2.02. The van der Waals surface area contributed by atoms with Crippen LogP contribution in [0.5, 0.6) is 0 Å². The molecule has 0 aliphatic heterocycles. The Labute approximate surface area is 126 Å². The standard InChI is InChI=1S/C16H17N2O2P/c1-17(12-21)15-8-4-13(5-9-15)2-3-14-6-10-16(11-7-14)18(19)20/h2-11H,12,21H2,1H3/b3-2+. The summed E-state index contributed by atoms with van der Waals surface area (Å²) in [4.78, 5) is 12.3. The molecule has 2 rings (SSSR count). The zero-order valence-corrected chi connectivity index (χ0v) is 12.9. The summed E-state index contributed by atoms with van der Waals surface area (Å²) in [6.45, 7) is 0. The molecule has 0 aliphatic carbocycles. The van der Waals surface area contributed by atoms with Crippen LogP contribution in [-0.2, 0) is 0 Å². The zero-order valence-electron chi connectivity index (χ0n) is 11.8. The molecule has 5 heteroatoms. The van der Waals surface area contributed by atoms with Crippen LogP contribution < -0.4 is 4.90 Å². The fraction of sp³-hybridized carbons (Fsp3) is 0.125. The van der Waals surface area contributed by atoms with Crippen molar-refractivity contribution in [3.05, 3.63) is 69.8 Å². The molecular weight excluding hydrogens is 283 g/mol. The molecule has 0 saturated heterocycles. The topological polar surface area (TPSA) is 46.4 Å². The van der Waals surface area contributed by atoms with E-state index in [1.165, 1.54) is 12.1 Å². The highest BCUT2D eigenvalue weighted by Crippen LogP contribution is 2.17. The number of nitrogens with zero attached hydrogens (tertiary/aromatic N) is 2. The molecule has 0 aromatic heterocycles. The molecule has 0 saturated carbocycles. The van der Waals surface area contributed by atoms with Crippen molar-refractivity contribution in [2.45, 2.75) is 0 Å². The maximum absolute atomic E-state index is 10.6. The van der Waals surface area contributed by atoms with E-state index >= 15 is 0 Å². The number of non-ortho nitro benzene ring substituents is 1. The van der Waals surface area contributed by atoms with Gasteiger partial charge in [-0.05, 0) is 35.4 Å². The first kappa shape index (κ1) is 15.2. The van der Waals surface area contributed by atoms with Gasteiger partial charge in [-0.15, -0.1) is 9.24 Å². The van der Waals surface area contributed by atoms with Crippen LogP contribution in [0.1, 0.15) is 11.1 Å². The molecular formula is C16H17N2O2P. The number of benzene rings is 2. The number of rotatable bonds is 5. The van der Waals surface area contributed by atoms with E-state index in [0.717, 1.165) is 23.1 Å². The number of nitro benzene ring substituents is 1. The third kappa shape index (κ3) is 4.14. The molecule has 0 aliphatic rings. The summed E-state index contributed by atoms with van der Waals surface area (Å²) in [6.07, 6.45) is 4.82. The Morgan fingerprint density at radius 1 is 1.05 bits per heavy atom. The van der Waals surface area contributed by atoms with Gasteiger partial charge in [0.2, 0.25) is 0 Å². The van der Waals surface area contributed by atoms with Gasteiger partial charge in [-0.2, -0.15) is 0 Å². The van der Waals surface area contributed by atoms with Crippen molar-refractivity contribution in [2.24, 2.45) is 0 Å².